The van der Waals surface area contributed by atoms with Gasteiger partial charge in [-0.1, -0.05) is 12.1 Å². The van der Waals surface area contributed by atoms with E-state index in [4.69, 9.17) is 4.74 Å². The zero-order valence-corrected chi connectivity index (χ0v) is 21.5. The van der Waals surface area contributed by atoms with Crippen LogP contribution in [0.15, 0.2) is 64.6 Å². The first-order valence-electron chi connectivity index (χ1n) is 12.8. The molecule has 1 saturated heterocycles. The number of nitrogens with one attached hydrogen (secondary N) is 2. The Morgan fingerprint density at radius 1 is 1.13 bits per heavy atom. The second-order valence-electron chi connectivity index (χ2n) is 9.52. The lowest BCUT2D eigenvalue weighted by atomic mass is 10.1. The van der Waals surface area contributed by atoms with Gasteiger partial charge in [-0.2, -0.15) is 0 Å². The number of amides is 1. The first kappa shape index (κ1) is 27.4. The molecule has 0 bridgehead atoms. The van der Waals surface area contributed by atoms with Crippen molar-refractivity contribution in [2.75, 3.05) is 13.1 Å². The first-order valence-corrected chi connectivity index (χ1v) is 12.8. The molecule has 0 unspecified atom stereocenters. The van der Waals surface area contributed by atoms with Crippen molar-refractivity contribution in [3.05, 3.63) is 92.8 Å². The fourth-order valence-corrected chi connectivity index (χ4v) is 4.45. The fraction of sp³-hybridized carbons (Fsp3) is 0.444. The van der Waals surface area contributed by atoms with Crippen LogP contribution in [0.4, 0.5) is 0 Å². The van der Waals surface area contributed by atoms with E-state index < -0.39 is 29.7 Å². The quantitative estimate of drug-likeness (QED) is 0.302. The summed E-state index contributed by atoms with van der Waals surface area (Å²) in [5.74, 6) is -0.123. The van der Waals surface area contributed by atoms with Crippen LogP contribution in [0.3, 0.4) is 0 Å². The summed E-state index contributed by atoms with van der Waals surface area (Å²) < 4.78 is 7.08. The number of pyridine rings is 2. The minimum absolute atomic E-state index is 0.123. The number of aromatic amines is 1. The monoisotopic (exact) mass is 522 g/mol. The van der Waals surface area contributed by atoms with Crippen LogP contribution < -0.4 is 16.6 Å². The number of aliphatic hydroxyl groups is 1. The van der Waals surface area contributed by atoms with E-state index in [-0.39, 0.29) is 18.9 Å². The molecule has 11 heteroatoms. The predicted octanol–water partition coefficient (Wildman–Crippen LogP) is 1.27. The molecule has 1 aliphatic heterocycles. The van der Waals surface area contributed by atoms with Crippen molar-refractivity contribution in [1.82, 2.24) is 29.7 Å². The van der Waals surface area contributed by atoms with Gasteiger partial charge in [0.1, 0.15) is 12.3 Å². The molecule has 4 heterocycles. The van der Waals surface area contributed by atoms with Crippen molar-refractivity contribution >= 4 is 5.91 Å². The molecule has 4 rings (SSSR count). The number of hydrogen-bond donors (Lipinski definition) is 3. The second kappa shape index (κ2) is 13.2. The van der Waals surface area contributed by atoms with Crippen LogP contribution >= 0.6 is 0 Å². The van der Waals surface area contributed by atoms with Gasteiger partial charge in [0.2, 0.25) is 5.91 Å². The van der Waals surface area contributed by atoms with Crippen LogP contribution in [-0.2, 0) is 22.6 Å². The Balaban J connectivity index is 1.21. The van der Waals surface area contributed by atoms with Gasteiger partial charge < -0.3 is 15.2 Å². The Hall–Kier alpha value is -3.67. The molecule has 38 heavy (non-hydrogen) atoms. The maximum atomic E-state index is 12.4. The highest BCUT2D eigenvalue weighted by Gasteiger charge is 2.35. The summed E-state index contributed by atoms with van der Waals surface area (Å²) in [4.78, 5) is 49.5. The van der Waals surface area contributed by atoms with E-state index in [1.165, 1.54) is 10.8 Å². The van der Waals surface area contributed by atoms with Crippen LogP contribution in [0.25, 0.3) is 0 Å². The summed E-state index contributed by atoms with van der Waals surface area (Å²) in [5, 5.41) is 13.2. The Bertz CT molecular complexity index is 1260. The number of carbonyl (C=O) groups is 1. The Morgan fingerprint density at radius 2 is 1.82 bits per heavy atom. The zero-order chi connectivity index (χ0) is 26.9. The van der Waals surface area contributed by atoms with Crippen molar-refractivity contribution in [3.8, 4) is 0 Å². The molecule has 0 aromatic carbocycles. The minimum atomic E-state index is -0.841. The molecule has 0 radical (unpaired) electrons. The Labute approximate surface area is 220 Å². The molecule has 3 aromatic heterocycles. The topological polar surface area (TPSA) is 142 Å². The lowest BCUT2D eigenvalue weighted by molar-refractivity contribution is -0.122. The maximum Gasteiger partial charge on any atom is 0.330 e. The summed E-state index contributed by atoms with van der Waals surface area (Å²) in [7, 11) is 0. The number of aliphatic hydroxyl groups excluding tert-OH is 1. The van der Waals surface area contributed by atoms with Gasteiger partial charge in [0.05, 0.1) is 17.5 Å². The van der Waals surface area contributed by atoms with Crippen molar-refractivity contribution in [2.24, 2.45) is 0 Å². The molecule has 1 fully saturated rings. The average Bonchev–Trinajstić information content (AvgIpc) is 3.28. The van der Waals surface area contributed by atoms with Crippen LogP contribution in [0.5, 0.6) is 0 Å². The number of carbonyl (C=O) groups excluding carboxylic acids is 1. The molecule has 1 aliphatic rings. The number of H-pyrrole nitrogens is 1. The minimum Gasteiger partial charge on any atom is -0.390 e. The Kier molecular flexibility index (Phi) is 9.52. The van der Waals surface area contributed by atoms with E-state index in [2.05, 4.69) is 25.2 Å². The van der Waals surface area contributed by atoms with Crippen molar-refractivity contribution < 1.29 is 14.6 Å². The summed E-state index contributed by atoms with van der Waals surface area (Å²) in [6.45, 7) is 3.91. The van der Waals surface area contributed by atoms with Gasteiger partial charge in [0.15, 0.2) is 0 Å². The molecule has 202 valence electrons. The highest BCUT2D eigenvalue weighted by Crippen LogP contribution is 2.27. The molecule has 0 spiro atoms. The molecular formula is C27H34N6O5. The first-order chi connectivity index (χ1) is 18.4. The number of hydrogen-bond acceptors (Lipinski definition) is 8. The number of rotatable bonds is 12. The van der Waals surface area contributed by atoms with E-state index in [1.54, 1.807) is 19.3 Å². The van der Waals surface area contributed by atoms with Crippen molar-refractivity contribution in [1.29, 1.82) is 0 Å². The van der Waals surface area contributed by atoms with Gasteiger partial charge in [0, 0.05) is 56.6 Å². The molecule has 1 amide bonds. The molecule has 3 aromatic rings. The number of aryl methyl sites for hydroxylation is 1. The Morgan fingerprint density at radius 3 is 2.45 bits per heavy atom. The third kappa shape index (κ3) is 7.67. The van der Waals surface area contributed by atoms with Crippen molar-refractivity contribution in [2.45, 2.75) is 64.1 Å². The average molecular weight is 523 g/mol. The lowest BCUT2D eigenvalue weighted by Gasteiger charge is -2.21. The molecule has 0 aliphatic carbocycles. The molecule has 11 nitrogen and oxygen atoms in total. The predicted molar refractivity (Wildman–Crippen MR) is 140 cm³/mol. The van der Waals surface area contributed by atoms with E-state index >= 15 is 0 Å². The molecule has 3 N–H and O–H groups in total. The third-order valence-corrected chi connectivity index (χ3v) is 6.51. The van der Waals surface area contributed by atoms with Gasteiger partial charge >= 0.3 is 5.69 Å². The van der Waals surface area contributed by atoms with Crippen LogP contribution in [0, 0.1) is 6.92 Å². The van der Waals surface area contributed by atoms with E-state index in [9.17, 15) is 19.5 Å². The highest BCUT2D eigenvalue weighted by molar-refractivity contribution is 5.75. The van der Waals surface area contributed by atoms with E-state index in [1.807, 2.05) is 36.4 Å². The summed E-state index contributed by atoms with van der Waals surface area (Å²) in [6, 6.07) is 11.7. The van der Waals surface area contributed by atoms with Crippen LogP contribution in [0.2, 0.25) is 0 Å². The SMILES string of the molecule is Cc1cn([C@H]2C[C@H](O)[C@@H](CNC(=O)CCCCN(Cc3ccccn3)Cc3ccccn3)O2)c(=O)[nH]c1=O. The largest absolute Gasteiger partial charge is 0.390 e. The van der Waals surface area contributed by atoms with Gasteiger partial charge in [0.25, 0.3) is 5.56 Å². The van der Waals surface area contributed by atoms with Crippen LogP contribution in [-0.4, -0.2) is 60.7 Å². The number of nitrogens with zero attached hydrogens (tertiary/aromatic N) is 4. The van der Waals surface area contributed by atoms with Gasteiger partial charge in [-0.05, 0) is 50.6 Å². The molecular weight excluding hydrogens is 488 g/mol. The second-order valence-corrected chi connectivity index (χ2v) is 9.52. The molecule has 3 atom stereocenters. The summed E-state index contributed by atoms with van der Waals surface area (Å²) in [6.07, 6.45) is 4.87. The zero-order valence-electron chi connectivity index (χ0n) is 21.5. The number of aromatic nitrogens is 4. The third-order valence-electron chi connectivity index (χ3n) is 6.51. The molecule has 0 saturated carbocycles. The summed E-state index contributed by atoms with van der Waals surface area (Å²) in [5.41, 5.74) is 1.29. The van der Waals surface area contributed by atoms with Crippen LogP contribution in [0.1, 0.15) is 48.9 Å². The van der Waals surface area contributed by atoms with Gasteiger partial charge in [-0.3, -0.25) is 34.0 Å². The summed E-state index contributed by atoms with van der Waals surface area (Å²) >= 11 is 0. The number of unbranched alkanes of at least 4 members (excludes halogenated alkanes) is 1. The number of ether oxygens (including phenoxy) is 1. The van der Waals surface area contributed by atoms with Gasteiger partial charge in [-0.15, -0.1) is 0 Å². The smallest absolute Gasteiger partial charge is 0.330 e. The fourth-order valence-electron chi connectivity index (χ4n) is 4.45. The maximum absolute atomic E-state index is 12.4. The van der Waals surface area contributed by atoms with Crippen molar-refractivity contribution in [3.63, 3.8) is 0 Å². The standard InChI is InChI=1S/C27H34N6O5/c1-19-16-33(27(37)31-26(19)36)25-14-22(34)23(38-25)15-30-24(35)10-4-7-13-32(17-20-8-2-5-11-28-20)18-21-9-3-6-12-29-21/h2-3,5-6,8-9,11-12,16,22-23,25,34H,4,7,10,13-15,17-18H2,1H3,(H,30,35)(H,31,36,37)/t22-,23+,25+/m0/s1. The van der Waals surface area contributed by atoms with E-state index in [0.717, 1.165) is 24.4 Å². The van der Waals surface area contributed by atoms with Gasteiger partial charge in [-0.25, -0.2) is 4.79 Å². The van der Waals surface area contributed by atoms with E-state index in [0.29, 0.717) is 31.5 Å². The normalized spacial score (nSPS) is 19.1. The highest BCUT2D eigenvalue weighted by atomic mass is 16.5. The lowest BCUT2D eigenvalue weighted by Crippen LogP contribution is -2.37.